The molecule has 0 bridgehead atoms. The van der Waals surface area contributed by atoms with Crippen molar-refractivity contribution in [1.82, 2.24) is 9.97 Å². The van der Waals surface area contributed by atoms with Crippen LogP contribution in [0.3, 0.4) is 0 Å². The first-order valence-corrected chi connectivity index (χ1v) is 5.49. The van der Waals surface area contributed by atoms with Gasteiger partial charge >= 0.3 is 0 Å². The second-order valence-electron chi connectivity index (χ2n) is 3.64. The second kappa shape index (κ2) is 5.10. The van der Waals surface area contributed by atoms with Crippen molar-refractivity contribution in [2.75, 3.05) is 5.32 Å². The molecule has 6 heteroatoms. The van der Waals surface area contributed by atoms with Crippen LogP contribution in [0.1, 0.15) is 16.2 Å². The fraction of sp³-hybridized carbons (Fsp3) is 0.0833. The fourth-order valence-electron chi connectivity index (χ4n) is 1.34. The zero-order valence-electron chi connectivity index (χ0n) is 9.45. The molecule has 1 heterocycles. The summed E-state index contributed by atoms with van der Waals surface area (Å²) >= 11 is 5.62. The maximum absolute atomic E-state index is 13.1. The van der Waals surface area contributed by atoms with Crippen LogP contribution in [0.5, 0.6) is 0 Å². The molecule has 0 saturated heterocycles. The van der Waals surface area contributed by atoms with Crippen molar-refractivity contribution in [3.63, 3.8) is 0 Å². The number of benzene rings is 1. The van der Waals surface area contributed by atoms with Gasteiger partial charge in [0.05, 0.1) is 5.02 Å². The molecule has 0 saturated carbocycles. The van der Waals surface area contributed by atoms with Crippen molar-refractivity contribution in [3.05, 3.63) is 52.8 Å². The molecule has 18 heavy (non-hydrogen) atoms. The maximum atomic E-state index is 13.1. The number of aryl methyl sites for hydroxylation is 1. The molecule has 2 aromatic rings. The number of anilines is 1. The number of halogens is 2. The number of nitrogens with one attached hydrogen (secondary N) is 1. The average Bonchev–Trinajstić information content (AvgIpc) is 2.34. The van der Waals surface area contributed by atoms with Crippen LogP contribution in [0.4, 0.5) is 10.1 Å². The summed E-state index contributed by atoms with van der Waals surface area (Å²) in [6.45, 7) is 1.61. The second-order valence-corrected chi connectivity index (χ2v) is 4.08. The van der Waals surface area contributed by atoms with Gasteiger partial charge in [-0.3, -0.25) is 4.79 Å². The minimum Gasteiger partial charge on any atom is -0.319 e. The minimum absolute atomic E-state index is 0.00128. The Labute approximate surface area is 108 Å². The third-order valence-corrected chi connectivity index (χ3v) is 2.43. The topological polar surface area (TPSA) is 54.9 Å². The van der Waals surface area contributed by atoms with E-state index in [9.17, 15) is 9.18 Å². The third kappa shape index (κ3) is 2.81. The molecule has 0 spiro atoms. The van der Waals surface area contributed by atoms with Gasteiger partial charge in [0.15, 0.2) is 0 Å². The van der Waals surface area contributed by atoms with Crippen LogP contribution in [0.25, 0.3) is 0 Å². The van der Waals surface area contributed by atoms with E-state index in [0.717, 1.165) is 0 Å². The van der Waals surface area contributed by atoms with Crippen LogP contribution in [-0.2, 0) is 0 Å². The lowest BCUT2D eigenvalue weighted by Crippen LogP contribution is -2.15. The molecule has 0 radical (unpaired) electrons. The van der Waals surface area contributed by atoms with Gasteiger partial charge in [-0.15, -0.1) is 0 Å². The van der Waals surface area contributed by atoms with Crippen molar-refractivity contribution < 1.29 is 9.18 Å². The van der Waals surface area contributed by atoms with E-state index in [-0.39, 0.29) is 11.6 Å². The highest BCUT2D eigenvalue weighted by Gasteiger charge is 2.09. The largest absolute Gasteiger partial charge is 0.319 e. The predicted octanol–water partition coefficient (Wildman–Crippen LogP) is 2.83. The van der Waals surface area contributed by atoms with Crippen molar-refractivity contribution in [3.8, 4) is 0 Å². The molecular weight excluding hydrogens is 257 g/mol. The number of nitrogens with zero attached hydrogens (tertiary/aromatic N) is 2. The van der Waals surface area contributed by atoms with E-state index < -0.39 is 5.91 Å². The Morgan fingerprint density at radius 3 is 2.61 bits per heavy atom. The lowest BCUT2D eigenvalue weighted by Gasteiger charge is -2.05. The van der Waals surface area contributed by atoms with Crippen LogP contribution in [0.15, 0.2) is 30.6 Å². The molecule has 0 aliphatic rings. The van der Waals surface area contributed by atoms with Crippen molar-refractivity contribution >= 4 is 23.2 Å². The summed E-state index contributed by atoms with van der Waals surface area (Å²) in [7, 11) is 0. The van der Waals surface area contributed by atoms with Gasteiger partial charge in [-0.2, -0.15) is 0 Å². The van der Waals surface area contributed by atoms with E-state index in [4.69, 9.17) is 11.6 Å². The van der Waals surface area contributed by atoms with Crippen LogP contribution in [0, 0.1) is 12.7 Å². The van der Waals surface area contributed by atoms with E-state index in [2.05, 4.69) is 15.3 Å². The smallest absolute Gasteiger partial charge is 0.293 e. The first-order valence-electron chi connectivity index (χ1n) is 5.11. The number of hydrogen-bond donors (Lipinski definition) is 1. The van der Waals surface area contributed by atoms with Crippen molar-refractivity contribution in [2.45, 2.75) is 6.92 Å². The van der Waals surface area contributed by atoms with Gasteiger partial charge < -0.3 is 5.32 Å². The van der Waals surface area contributed by atoms with Gasteiger partial charge in [0.25, 0.3) is 5.91 Å². The molecule has 0 atom stereocenters. The average molecular weight is 266 g/mol. The number of hydrogen-bond acceptors (Lipinski definition) is 3. The van der Waals surface area contributed by atoms with Crippen LogP contribution in [-0.4, -0.2) is 15.9 Å². The highest BCUT2D eigenvalue weighted by atomic mass is 35.5. The Hall–Kier alpha value is -2.01. The molecular formula is C12H9ClFN3O. The molecule has 0 fully saturated rings. The first-order chi connectivity index (χ1) is 8.56. The van der Waals surface area contributed by atoms with Gasteiger partial charge in [-0.25, -0.2) is 14.4 Å². The number of rotatable bonds is 2. The zero-order chi connectivity index (χ0) is 13.1. The summed E-state index contributed by atoms with van der Waals surface area (Å²) in [5, 5.41) is 2.92. The Morgan fingerprint density at radius 2 is 2.00 bits per heavy atom. The quantitative estimate of drug-likeness (QED) is 0.908. The Morgan fingerprint density at radius 1 is 1.33 bits per heavy atom. The maximum Gasteiger partial charge on any atom is 0.293 e. The van der Waals surface area contributed by atoms with Gasteiger partial charge in [-0.05, 0) is 30.7 Å². The number of amides is 1. The fourth-order valence-corrected chi connectivity index (χ4v) is 1.44. The normalized spacial score (nSPS) is 10.2. The summed E-state index contributed by atoms with van der Waals surface area (Å²) in [5.74, 6) is -0.796. The number of aromatic nitrogens is 2. The van der Waals surface area contributed by atoms with E-state index in [1.807, 2.05) is 0 Å². The molecule has 0 unspecified atom stereocenters. The molecule has 1 amide bonds. The minimum atomic E-state index is -0.474. The SMILES string of the molecule is Cc1cc(NC(=O)c2ncc(Cl)cn2)ccc1F. The predicted molar refractivity (Wildman–Crippen MR) is 66.1 cm³/mol. The molecule has 92 valence electrons. The zero-order valence-corrected chi connectivity index (χ0v) is 10.2. The van der Waals surface area contributed by atoms with Crippen molar-refractivity contribution in [1.29, 1.82) is 0 Å². The molecule has 0 aliphatic carbocycles. The van der Waals surface area contributed by atoms with Gasteiger partial charge in [0, 0.05) is 18.1 Å². The molecule has 4 nitrogen and oxygen atoms in total. The molecule has 0 aliphatic heterocycles. The van der Waals surface area contributed by atoms with Crippen molar-refractivity contribution in [2.24, 2.45) is 0 Å². The Bertz CT molecular complexity index is 586. The Balaban J connectivity index is 2.16. The summed E-state index contributed by atoms with van der Waals surface area (Å²) in [4.78, 5) is 19.3. The van der Waals surface area contributed by atoms with E-state index in [0.29, 0.717) is 16.3 Å². The molecule has 1 aromatic heterocycles. The number of carbonyl (C=O) groups excluding carboxylic acids is 1. The van der Waals surface area contributed by atoms with Gasteiger partial charge in [0.1, 0.15) is 5.82 Å². The van der Waals surface area contributed by atoms with Crippen LogP contribution >= 0.6 is 11.6 Å². The first kappa shape index (κ1) is 12.4. The van der Waals surface area contributed by atoms with E-state index in [1.165, 1.54) is 30.6 Å². The third-order valence-electron chi connectivity index (χ3n) is 2.24. The molecule has 1 N–H and O–H groups in total. The van der Waals surface area contributed by atoms with E-state index >= 15 is 0 Å². The summed E-state index contributed by atoms with van der Waals surface area (Å²) in [6, 6.07) is 4.28. The summed E-state index contributed by atoms with van der Waals surface area (Å²) in [6.07, 6.45) is 2.67. The monoisotopic (exact) mass is 265 g/mol. The number of carbonyl (C=O) groups is 1. The molecule has 2 rings (SSSR count). The van der Waals surface area contributed by atoms with Crippen LogP contribution in [0.2, 0.25) is 5.02 Å². The lowest BCUT2D eigenvalue weighted by molar-refractivity contribution is 0.101. The summed E-state index contributed by atoms with van der Waals surface area (Å²) in [5.41, 5.74) is 0.933. The summed E-state index contributed by atoms with van der Waals surface area (Å²) < 4.78 is 13.1. The van der Waals surface area contributed by atoms with Crippen LogP contribution < -0.4 is 5.32 Å². The highest BCUT2D eigenvalue weighted by molar-refractivity contribution is 6.30. The molecule has 1 aromatic carbocycles. The Kier molecular flexibility index (Phi) is 3.53. The van der Waals surface area contributed by atoms with Gasteiger partial charge in [0.2, 0.25) is 5.82 Å². The lowest BCUT2D eigenvalue weighted by atomic mass is 10.2. The standard InChI is InChI=1S/C12H9ClFN3O/c1-7-4-9(2-3-10(7)14)17-12(18)11-15-5-8(13)6-16-11/h2-6H,1H3,(H,17,18). The van der Waals surface area contributed by atoms with E-state index in [1.54, 1.807) is 6.92 Å². The highest BCUT2D eigenvalue weighted by Crippen LogP contribution is 2.14. The van der Waals surface area contributed by atoms with Gasteiger partial charge in [-0.1, -0.05) is 11.6 Å².